The summed E-state index contributed by atoms with van der Waals surface area (Å²) in [5, 5.41) is 9.59. The topological polar surface area (TPSA) is 37.3 Å². The molecule has 0 atom stereocenters. The van der Waals surface area contributed by atoms with Crippen LogP contribution in [0, 0.1) is 0 Å². The average Bonchev–Trinajstić information content (AvgIpc) is 2.44. The second kappa shape index (κ2) is 5.33. The van der Waals surface area contributed by atoms with Crippen LogP contribution in [0.5, 0.6) is 0 Å². The van der Waals surface area contributed by atoms with E-state index in [1.165, 1.54) is 17.3 Å². The first-order chi connectivity index (χ1) is 9.70. The first-order valence-corrected chi connectivity index (χ1v) is 7.54. The fourth-order valence-corrected chi connectivity index (χ4v) is 4.11. The first-order valence-electron chi connectivity index (χ1n) is 6.72. The second-order valence-electron chi connectivity index (χ2n) is 5.23. The van der Waals surface area contributed by atoms with E-state index in [1.807, 2.05) is 48.5 Å². The Labute approximate surface area is 122 Å². The lowest BCUT2D eigenvalue weighted by atomic mass is 9.70. The van der Waals surface area contributed by atoms with E-state index in [1.54, 1.807) is 0 Å². The summed E-state index contributed by atoms with van der Waals surface area (Å²) >= 11 is 1.48. The van der Waals surface area contributed by atoms with Gasteiger partial charge in [-0.05, 0) is 36.5 Å². The molecule has 0 bridgehead atoms. The molecule has 0 amide bonds. The van der Waals surface area contributed by atoms with E-state index in [2.05, 4.69) is 12.1 Å². The van der Waals surface area contributed by atoms with Crippen LogP contribution in [0.4, 0.5) is 0 Å². The Morgan fingerprint density at radius 1 is 1.00 bits per heavy atom. The highest BCUT2D eigenvalue weighted by atomic mass is 32.2. The fourth-order valence-electron chi connectivity index (χ4n) is 2.71. The molecule has 1 saturated carbocycles. The Morgan fingerprint density at radius 3 is 2.10 bits per heavy atom. The smallest absolute Gasteiger partial charge is 0.320 e. The summed E-state index contributed by atoms with van der Waals surface area (Å²) in [5.74, 6) is -0.331. The van der Waals surface area contributed by atoms with Crippen LogP contribution in [0.1, 0.15) is 24.3 Å². The van der Waals surface area contributed by atoms with Crippen molar-refractivity contribution in [2.45, 2.75) is 28.4 Å². The van der Waals surface area contributed by atoms with E-state index < -0.39 is 10.7 Å². The van der Waals surface area contributed by atoms with Crippen molar-refractivity contribution < 1.29 is 9.90 Å². The molecule has 0 saturated heterocycles. The summed E-state index contributed by atoms with van der Waals surface area (Å²) in [5.41, 5.74) is 1.25. The molecule has 0 aromatic heterocycles. The molecular weight excluding hydrogens is 268 g/mol. The summed E-state index contributed by atoms with van der Waals surface area (Å²) in [4.78, 5) is 12.7. The highest BCUT2D eigenvalue weighted by molar-refractivity contribution is 8.01. The minimum absolute atomic E-state index is 0.364. The van der Waals surface area contributed by atoms with Crippen molar-refractivity contribution in [2.75, 3.05) is 0 Å². The van der Waals surface area contributed by atoms with Gasteiger partial charge in [0, 0.05) is 4.90 Å². The molecular formula is C17H16O2S. The Morgan fingerprint density at radius 2 is 1.55 bits per heavy atom. The van der Waals surface area contributed by atoms with Crippen molar-refractivity contribution in [3.8, 4) is 0 Å². The van der Waals surface area contributed by atoms with E-state index >= 15 is 0 Å². The van der Waals surface area contributed by atoms with Crippen molar-refractivity contribution >= 4 is 17.7 Å². The number of thioether (sulfide) groups is 1. The molecule has 2 aromatic carbocycles. The summed E-state index contributed by atoms with van der Waals surface area (Å²) in [6.45, 7) is 0. The molecule has 3 heteroatoms. The van der Waals surface area contributed by atoms with Crippen LogP contribution in [-0.2, 0) is 4.79 Å². The predicted octanol–water partition coefficient (Wildman–Crippen LogP) is 4.18. The number of rotatable bonds is 4. The lowest BCUT2D eigenvalue weighted by molar-refractivity contribution is -0.142. The van der Waals surface area contributed by atoms with Crippen molar-refractivity contribution in [3.05, 3.63) is 66.2 Å². The summed E-state index contributed by atoms with van der Waals surface area (Å²) in [6.07, 6.45) is 1.40. The van der Waals surface area contributed by atoms with Crippen LogP contribution in [0.2, 0.25) is 0 Å². The summed E-state index contributed by atoms with van der Waals surface area (Å²) in [7, 11) is 0. The van der Waals surface area contributed by atoms with Gasteiger partial charge in [0.1, 0.15) is 4.75 Å². The molecule has 1 aliphatic carbocycles. The Balaban J connectivity index is 1.75. The maximum Gasteiger partial charge on any atom is 0.320 e. The van der Waals surface area contributed by atoms with Crippen molar-refractivity contribution in [3.63, 3.8) is 0 Å². The molecule has 0 spiro atoms. The zero-order valence-corrected chi connectivity index (χ0v) is 11.8. The van der Waals surface area contributed by atoms with Crippen LogP contribution in [0.3, 0.4) is 0 Å². The summed E-state index contributed by atoms with van der Waals surface area (Å²) in [6, 6.07) is 20.0. The molecule has 1 N–H and O–H groups in total. The minimum atomic E-state index is -0.696. The zero-order valence-electron chi connectivity index (χ0n) is 11.0. The molecule has 1 aliphatic rings. The largest absolute Gasteiger partial charge is 0.480 e. The number of carbonyl (C=O) groups is 1. The van der Waals surface area contributed by atoms with Gasteiger partial charge in [0.2, 0.25) is 0 Å². The molecule has 0 radical (unpaired) electrons. The Kier molecular flexibility index (Phi) is 3.53. The van der Waals surface area contributed by atoms with Gasteiger partial charge in [0.15, 0.2) is 0 Å². The molecule has 2 aromatic rings. The van der Waals surface area contributed by atoms with Crippen LogP contribution in [0.25, 0.3) is 0 Å². The van der Waals surface area contributed by atoms with Crippen molar-refractivity contribution in [1.29, 1.82) is 0 Å². The maximum atomic E-state index is 11.7. The van der Waals surface area contributed by atoms with E-state index in [4.69, 9.17) is 0 Å². The minimum Gasteiger partial charge on any atom is -0.480 e. The van der Waals surface area contributed by atoms with Crippen LogP contribution < -0.4 is 0 Å². The van der Waals surface area contributed by atoms with Gasteiger partial charge in [-0.2, -0.15) is 0 Å². The Hall–Kier alpha value is -1.74. The lowest BCUT2D eigenvalue weighted by Crippen LogP contribution is -2.46. The van der Waals surface area contributed by atoms with Gasteiger partial charge in [-0.1, -0.05) is 48.5 Å². The molecule has 1 fully saturated rings. The van der Waals surface area contributed by atoms with Crippen LogP contribution >= 0.6 is 11.8 Å². The Bertz CT molecular complexity index is 589. The number of hydrogen-bond donors (Lipinski definition) is 1. The third kappa shape index (κ3) is 2.46. The van der Waals surface area contributed by atoms with E-state index in [0.717, 1.165) is 4.90 Å². The first kappa shape index (κ1) is 13.3. The van der Waals surface area contributed by atoms with E-state index in [-0.39, 0.29) is 0 Å². The van der Waals surface area contributed by atoms with E-state index in [0.29, 0.717) is 18.8 Å². The zero-order chi connectivity index (χ0) is 14.0. The van der Waals surface area contributed by atoms with Gasteiger partial charge < -0.3 is 5.11 Å². The number of carboxylic acids is 1. The number of aliphatic carboxylic acids is 1. The molecule has 3 rings (SSSR count). The average molecular weight is 284 g/mol. The van der Waals surface area contributed by atoms with Gasteiger partial charge in [-0.25, -0.2) is 0 Å². The SMILES string of the molecule is O=C(O)C1(Sc2ccccc2)CC(c2ccccc2)C1. The number of carboxylic acid groups (broad SMARTS) is 1. The molecule has 20 heavy (non-hydrogen) atoms. The normalized spacial score (nSPS) is 24.9. The molecule has 0 heterocycles. The van der Waals surface area contributed by atoms with Gasteiger partial charge in [-0.15, -0.1) is 11.8 Å². The van der Waals surface area contributed by atoms with E-state index in [9.17, 15) is 9.90 Å². The predicted molar refractivity (Wildman–Crippen MR) is 81.1 cm³/mol. The molecule has 0 unspecified atom stereocenters. The third-order valence-electron chi connectivity index (χ3n) is 3.87. The lowest BCUT2D eigenvalue weighted by Gasteiger charge is -2.44. The monoisotopic (exact) mass is 284 g/mol. The highest BCUT2D eigenvalue weighted by Gasteiger charge is 2.51. The highest BCUT2D eigenvalue weighted by Crippen LogP contribution is 2.54. The molecule has 0 aliphatic heterocycles. The maximum absolute atomic E-state index is 11.7. The standard InChI is InChI=1S/C17H16O2S/c18-16(19)17(20-15-9-5-2-6-10-15)11-14(12-17)13-7-3-1-4-8-13/h1-10,14H,11-12H2,(H,18,19). The fraction of sp³-hybridized carbons (Fsp3) is 0.235. The summed E-state index contributed by atoms with van der Waals surface area (Å²) < 4.78 is -0.665. The molecule has 2 nitrogen and oxygen atoms in total. The molecule has 102 valence electrons. The van der Waals surface area contributed by atoms with Gasteiger partial charge in [-0.3, -0.25) is 4.79 Å². The van der Waals surface area contributed by atoms with Crippen LogP contribution in [-0.4, -0.2) is 15.8 Å². The number of benzene rings is 2. The third-order valence-corrected chi connectivity index (χ3v) is 5.28. The van der Waals surface area contributed by atoms with Gasteiger partial charge in [0.05, 0.1) is 0 Å². The van der Waals surface area contributed by atoms with Crippen molar-refractivity contribution in [1.82, 2.24) is 0 Å². The van der Waals surface area contributed by atoms with Crippen molar-refractivity contribution in [2.24, 2.45) is 0 Å². The van der Waals surface area contributed by atoms with Gasteiger partial charge in [0.25, 0.3) is 0 Å². The van der Waals surface area contributed by atoms with Gasteiger partial charge >= 0.3 is 5.97 Å². The second-order valence-corrected chi connectivity index (χ2v) is 6.69. The number of hydrogen-bond acceptors (Lipinski definition) is 2. The van der Waals surface area contributed by atoms with Crippen LogP contribution in [0.15, 0.2) is 65.6 Å². The quantitative estimate of drug-likeness (QED) is 0.915.